The van der Waals surface area contributed by atoms with Gasteiger partial charge in [-0.05, 0) is 30.2 Å². The molecule has 3 rings (SSSR count). The lowest BCUT2D eigenvalue weighted by Gasteiger charge is -2.35. The number of piperidine rings is 1. The van der Waals surface area contributed by atoms with Gasteiger partial charge in [0, 0.05) is 44.5 Å². The summed E-state index contributed by atoms with van der Waals surface area (Å²) < 4.78 is 117. The number of hydrogen-bond acceptors (Lipinski definition) is 14. The number of rotatable bonds is 11. The summed E-state index contributed by atoms with van der Waals surface area (Å²) in [4.78, 5) is 18.4. The first-order valence-corrected chi connectivity index (χ1v) is 16.0. The highest BCUT2D eigenvalue weighted by Gasteiger charge is 2.39. The maximum atomic E-state index is 13.0. The van der Waals surface area contributed by atoms with Crippen LogP contribution in [0.5, 0.6) is 0 Å². The number of H-pyrrole nitrogens is 1. The number of aromatic amines is 1. The molecule has 1 aliphatic heterocycles. The van der Waals surface area contributed by atoms with Crippen molar-refractivity contribution in [3.05, 3.63) is 12.1 Å². The molecule has 27 heteroatoms. The molecular formula is C21H31F6N9O10S2. The Morgan fingerprint density at radius 3 is 1.96 bits per heavy atom. The van der Waals surface area contributed by atoms with Crippen LogP contribution in [0.1, 0.15) is 12.8 Å². The highest BCUT2D eigenvalue weighted by molar-refractivity contribution is 7.92. The maximum absolute atomic E-state index is 13.0. The molecule has 274 valence electrons. The number of aromatic nitrogens is 4. The van der Waals surface area contributed by atoms with Gasteiger partial charge in [-0.2, -0.15) is 31.6 Å². The van der Waals surface area contributed by atoms with Crippen molar-refractivity contribution in [2.24, 2.45) is 10.9 Å². The predicted molar refractivity (Wildman–Crippen MR) is 149 cm³/mol. The van der Waals surface area contributed by atoms with Gasteiger partial charge in [0.05, 0.1) is 18.3 Å². The van der Waals surface area contributed by atoms with Crippen LogP contribution in [0, 0.1) is 0 Å². The first kappa shape index (κ1) is 42.3. The highest BCUT2D eigenvalue weighted by atomic mass is 32.2. The van der Waals surface area contributed by atoms with Crippen LogP contribution in [0.2, 0.25) is 0 Å². The van der Waals surface area contributed by atoms with Gasteiger partial charge in [0.1, 0.15) is 9.79 Å². The monoisotopic (exact) mass is 747 g/mol. The number of carboxylic acid groups (broad SMARTS) is 2. The summed E-state index contributed by atoms with van der Waals surface area (Å²) in [6, 6.07) is 2.79. The molecule has 0 amide bonds. The zero-order chi connectivity index (χ0) is 37.1. The lowest BCUT2D eigenvalue weighted by atomic mass is 10.0. The third-order valence-electron chi connectivity index (χ3n) is 5.89. The fourth-order valence-electron chi connectivity index (χ4n) is 3.75. The van der Waals surface area contributed by atoms with Crippen LogP contribution >= 0.6 is 0 Å². The Morgan fingerprint density at radius 2 is 1.56 bits per heavy atom. The second-order valence-corrected chi connectivity index (χ2v) is 12.6. The van der Waals surface area contributed by atoms with Crippen molar-refractivity contribution >= 4 is 37.7 Å². The first-order chi connectivity index (χ1) is 22.0. The number of nitrogens with one attached hydrogen (secondary N) is 3. The zero-order valence-corrected chi connectivity index (χ0v) is 25.9. The number of nitrogens with two attached hydrogens (primary N) is 2. The van der Waals surface area contributed by atoms with Crippen LogP contribution < -0.4 is 25.8 Å². The Bertz CT molecular complexity index is 1550. The molecule has 1 atom stereocenters. The topological polar surface area (TPSA) is 317 Å². The zero-order valence-electron chi connectivity index (χ0n) is 24.2. The molecule has 1 saturated heterocycles. The smallest absolute Gasteiger partial charge is 0.475 e. The molecule has 1 aliphatic rings. The summed E-state index contributed by atoms with van der Waals surface area (Å²) in [5, 5.41) is 55.1. The number of aliphatic carboxylic acids is 2. The highest BCUT2D eigenvalue weighted by Crippen LogP contribution is 2.39. The van der Waals surface area contributed by atoms with Crippen LogP contribution in [-0.2, 0) is 29.6 Å². The van der Waals surface area contributed by atoms with Crippen LogP contribution in [0.4, 0.5) is 32.0 Å². The molecule has 0 aliphatic carbocycles. The molecule has 0 saturated carbocycles. The molecular weight excluding hydrogens is 716 g/mol. The Hall–Kier alpha value is -3.73. The Balaban J connectivity index is 0.000000687. The normalized spacial score (nSPS) is 15.1. The number of aliphatic hydroxyl groups is 2. The van der Waals surface area contributed by atoms with Gasteiger partial charge in [-0.25, -0.2) is 36.3 Å². The number of anilines is 1. The second-order valence-electron chi connectivity index (χ2n) is 9.35. The number of halogens is 6. The molecule has 0 spiro atoms. The number of hydrogen-bond donors (Lipinski definition) is 9. The number of tetrazole rings is 1. The van der Waals surface area contributed by atoms with Gasteiger partial charge in [-0.3, -0.25) is 0 Å². The fourth-order valence-corrected chi connectivity index (χ4v) is 6.42. The minimum Gasteiger partial charge on any atom is -0.475 e. The summed E-state index contributed by atoms with van der Waals surface area (Å²) in [5.41, 5.74) is 5.60. The van der Waals surface area contributed by atoms with Gasteiger partial charge >= 0.3 is 24.3 Å². The average Bonchev–Trinajstić information content (AvgIpc) is 3.52. The summed E-state index contributed by atoms with van der Waals surface area (Å²) >= 11 is 0. The molecule has 2 aromatic rings. The largest absolute Gasteiger partial charge is 0.490 e. The van der Waals surface area contributed by atoms with E-state index in [1.54, 1.807) is 0 Å². The molecule has 48 heavy (non-hydrogen) atoms. The van der Waals surface area contributed by atoms with Crippen molar-refractivity contribution in [2.75, 3.05) is 44.2 Å². The average molecular weight is 748 g/mol. The number of carboxylic acids is 2. The number of benzene rings is 1. The van der Waals surface area contributed by atoms with E-state index in [0.717, 1.165) is 6.07 Å². The fraction of sp³-hybridized carbons (Fsp3) is 0.571. The van der Waals surface area contributed by atoms with Crippen molar-refractivity contribution in [1.29, 1.82) is 0 Å². The SMILES string of the molecule is NC[C@@H](O)CNS(=O)(=O)c1ccc(N2CCC(NCCO)CC2)c(-c2nn[nH]n2)c1S(N)(=O)=O.O=C(O)C(F)(F)F.O=C(O)C(F)(F)F. The van der Waals surface area contributed by atoms with Crippen molar-refractivity contribution in [3.8, 4) is 11.4 Å². The number of sulfonamides is 2. The molecule has 1 fully saturated rings. The third kappa shape index (κ3) is 13.1. The van der Waals surface area contributed by atoms with E-state index in [9.17, 15) is 48.3 Å². The molecule has 11 N–H and O–H groups in total. The van der Waals surface area contributed by atoms with E-state index in [1.807, 2.05) is 4.90 Å². The molecule has 2 heterocycles. The van der Waals surface area contributed by atoms with Gasteiger partial charge in [0.2, 0.25) is 25.9 Å². The summed E-state index contributed by atoms with van der Waals surface area (Å²) in [5.74, 6) is -5.65. The van der Waals surface area contributed by atoms with Crippen molar-refractivity contribution in [3.63, 3.8) is 0 Å². The maximum Gasteiger partial charge on any atom is 0.490 e. The Kier molecular flexibility index (Phi) is 15.5. The standard InChI is InChI=1S/C17H29N9O6S2.2C2HF3O2/c18-9-12(28)10-21-34(31,32)14-2-1-13(26-6-3-11(4-7-26)20-5-8-27)15(16(14)33(19,29)30)17-22-24-25-23-17;2*3-2(4,5)1(6)7/h1-2,11-12,20-21,27-28H,3-10,18H2,(H2,19,29,30)(H,22,23,24,25);2*(H,6,7)/t12-;;/m1../s1. The summed E-state index contributed by atoms with van der Waals surface area (Å²) in [6.45, 7) is 0.909. The van der Waals surface area contributed by atoms with E-state index in [0.29, 0.717) is 38.2 Å². The van der Waals surface area contributed by atoms with E-state index in [1.165, 1.54) is 6.07 Å². The minimum atomic E-state index is -5.08. The van der Waals surface area contributed by atoms with Crippen LogP contribution in [0.15, 0.2) is 21.9 Å². The number of nitrogens with zero attached hydrogens (tertiary/aromatic N) is 4. The predicted octanol–water partition coefficient (Wildman–Crippen LogP) is -2.07. The van der Waals surface area contributed by atoms with Gasteiger partial charge in [0.25, 0.3) is 0 Å². The Morgan fingerprint density at radius 1 is 1.04 bits per heavy atom. The third-order valence-corrected chi connectivity index (χ3v) is 8.48. The lowest BCUT2D eigenvalue weighted by Crippen LogP contribution is -2.43. The number of carbonyl (C=O) groups is 2. The van der Waals surface area contributed by atoms with Crippen LogP contribution in [0.25, 0.3) is 11.4 Å². The minimum absolute atomic E-state index is 0.0200. The lowest BCUT2D eigenvalue weighted by molar-refractivity contribution is -0.193. The van der Waals surface area contributed by atoms with Crippen LogP contribution in [0.3, 0.4) is 0 Å². The summed E-state index contributed by atoms with van der Waals surface area (Å²) in [6.07, 6.45) is -9.92. The molecule has 0 bridgehead atoms. The van der Waals surface area contributed by atoms with Crippen molar-refractivity contribution < 1.29 is 73.2 Å². The quantitative estimate of drug-likeness (QED) is 0.112. The van der Waals surface area contributed by atoms with Crippen molar-refractivity contribution in [1.82, 2.24) is 30.7 Å². The van der Waals surface area contributed by atoms with Gasteiger partial charge in [-0.15, -0.1) is 10.2 Å². The molecule has 1 aromatic heterocycles. The molecule has 19 nitrogen and oxygen atoms in total. The van der Waals surface area contributed by atoms with Gasteiger partial charge < -0.3 is 36.4 Å². The number of primary sulfonamides is 1. The molecule has 1 aromatic carbocycles. The second kappa shape index (κ2) is 17.6. The van der Waals surface area contributed by atoms with Gasteiger partial charge in [0.15, 0.2) is 0 Å². The van der Waals surface area contributed by atoms with E-state index in [-0.39, 0.29) is 30.6 Å². The van der Waals surface area contributed by atoms with E-state index in [2.05, 4.69) is 30.7 Å². The number of alkyl halides is 6. The number of aliphatic hydroxyl groups excluding tert-OH is 2. The Labute approximate surface area is 267 Å². The molecule has 0 unspecified atom stereocenters. The summed E-state index contributed by atoms with van der Waals surface area (Å²) in [7, 11) is -9.02. The van der Waals surface area contributed by atoms with Crippen molar-refractivity contribution in [2.45, 2.75) is 47.1 Å². The first-order valence-electron chi connectivity index (χ1n) is 13.0. The molecule has 0 radical (unpaired) electrons. The van der Waals surface area contributed by atoms with E-state index < -0.39 is 66.8 Å². The van der Waals surface area contributed by atoms with E-state index in [4.69, 9.17) is 35.8 Å². The van der Waals surface area contributed by atoms with Gasteiger partial charge in [-0.1, -0.05) is 0 Å². The van der Waals surface area contributed by atoms with E-state index >= 15 is 0 Å². The van der Waals surface area contributed by atoms with Crippen LogP contribution in [-0.4, -0.2) is 134 Å².